The molecule has 1 aliphatic carbocycles. The molecule has 0 spiro atoms. The molecule has 0 bridgehead atoms. The molecule has 2 heteroatoms. The number of thioether (sulfide) groups is 1. The van der Waals surface area contributed by atoms with Gasteiger partial charge in [-0.3, -0.25) is 0 Å². The van der Waals surface area contributed by atoms with Crippen LogP contribution in [0.2, 0.25) is 0 Å². The van der Waals surface area contributed by atoms with E-state index < -0.39 is 0 Å². The molecule has 1 N–H and O–H groups in total. The predicted octanol–water partition coefficient (Wildman–Crippen LogP) is 3.93. The van der Waals surface area contributed by atoms with Gasteiger partial charge in [-0.1, -0.05) is 46.5 Å². The van der Waals surface area contributed by atoms with Gasteiger partial charge in [0, 0.05) is 11.8 Å². The van der Waals surface area contributed by atoms with E-state index in [1.807, 2.05) is 0 Å². The van der Waals surface area contributed by atoms with Gasteiger partial charge in [0.2, 0.25) is 0 Å². The second-order valence-electron chi connectivity index (χ2n) is 5.39. The van der Waals surface area contributed by atoms with Crippen LogP contribution >= 0.6 is 11.8 Å². The molecule has 16 heavy (non-hydrogen) atoms. The van der Waals surface area contributed by atoms with E-state index >= 15 is 0 Å². The lowest BCUT2D eigenvalue weighted by Gasteiger charge is -2.37. The van der Waals surface area contributed by atoms with Crippen LogP contribution < -0.4 is 5.32 Å². The van der Waals surface area contributed by atoms with Gasteiger partial charge < -0.3 is 5.32 Å². The van der Waals surface area contributed by atoms with E-state index in [0.717, 1.165) is 23.1 Å². The van der Waals surface area contributed by atoms with Gasteiger partial charge in [0.1, 0.15) is 0 Å². The van der Waals surface area contributed by atoms with Crippen LogP contribution in [0.3, 0.4) is 0 Å². The quantitative estimate of drug-likeness (QED) is 0.758. The Bertz CT molecular complexity index is 182. The molecule has 1 saturated carbocycles. The molecule has 3 unspecified atom stereocenters. The SMILES string of the molecule is CCC1CCCCC1C(CSC(C)C)NC. The van der Waals surface area contributed by atoms with E-state index in [4.69, 9.17) is 0 Å². The van der Waals surface area contributed by atoms with E-state index in [0.29, 0.717) is 0 Å². The molecule has 0 aromatic carbocycles. The molecule has 1 fully saturated rings. The van der Waals surface area contributed by atoms with E-state index in [1.165, 1.54) is 37.9 Å². The van der Waals surface area contributed by atoms with Crippen LogP contribution in [-0.4, -0.2) is 24.1 Å². The van der Waals surface area contributed by atoms with Crippen LogP contribution in [0.4, 0.5) is 0 Å². The van der Waals surface area contributed by atoms with Crippen LogP contribution in [0.5, 0.6) is 0 Å². The van der Waals surface area contributed by atoms with E-state index in [-0.39, 0.29) is 0 Å². The van der Waals surface area contributed by atoms with Crippen LogP contribution in [-0.2, 0) is 0 Å². The van der Waals surface area contributed by atoms with Gasteiger partial charge in [-0.15, -0.1) is 0 Å². The van der Waals surface area contributed by atoms with Gasteiger partial charge in [0.05, 0.1) is 0 Å². The molecule has 1 rings (SSSR count). The molecule has 0 radical (unpaired) electrons. The highest BCUT2D eigenvalue weighted by Gasteiger charge is 2.29. The van der Waals surface area contributed by atoms with Crippen LogP contribution in [0, 0.1) is 11.8 Å². The standard InChI is InChI=1S/C14H29NS/c1-5-12-8-6-7-9-13(12)14(15-4)10-16-11(2)3/h11-15H,5-10H2,1-4H3. The summed E-state index contributed by atoms with van der Waals surface area (Å²) >= 11 is 2.11. The minimum Gasteiger partial charge on any atom is -0.316 e. The van der Waals surface area contributed by atoms with Crippen LogP contribution in [0.25, 0.3) is 0 Å². The molecule has 0 aromatic rings. The molecular formula is C14H29NS. The fraction of sp³-hybridized carbons (Fsp3) is 1.00. The lowest BCUT2D eigenvalue weighted by atomic mass is 9.74. The molecule has 0 aromatic heterocycles. The van der Waals surface area contributed by atoms with Crippen LogP contribution in [0.15, 0.2) is 0 Å². The molecule has 1 aliphatic rings. The molecule has 3 atom stereocenters. The van der Waals surface area contributed by atoms with Crippen molar-refractivity contribution >= 4 is 11.8 Å². The highest BCUT2D eigenvalue weighted by Crippen LogP contribution is 2.35. The van der Waals surface area contributed by atoms with Gasteiger partial charge in [-0.05, 0) is 30.6 Å². The second kappa shape index (κ2) is 7.60. The van der Waals surface area contributed by atoms with Crippen molar-refractivity contribution in [1.29, 1.82) is 0 Å². The Morgan fingerprint density at radius 2 is 1.94 bits per heavy atom. The fourth-order valence-corrected chi connectivity index (χ4v) is 4.00. The zero-order valence-corrected chi connectivity index (χ0v) is 12.3. The van der Waals surface area contributed by atoms with Gasteiger partial charge >= 0.3 is 0 Å². The molecule has 0 aliphatic heterocycles. The number of hydrogen-bond donors (Lipinski definition) is 1. The van der Waals surface area contributed by atoms with E-state index in [9.17, 15) is 0 Å². The first-order chi connectivity index (χ1) is 7.69. The highest BCUT2D eigenvalue weighted by atomic mass is 32.2. The average Bonchev–Trinajstić information content (AvgIpc) is 2.30. The molecule has 0 saturated heterocycles. The van der Waals surface area contributed by atoms with Crippen LogP contribution in [0.1, 0.15) is 52.9 Å². The molecule has 0 amide bonds. The van der Waals surface area contributed by atoms with Crippen molar-refractivity contribution in [2.45, 2.75) is 64.2 Å². The average molecular weight is 243 g/mol. The predicted molar refractivity (Wildman–Crippen MR) is 76.2 cm³/mol. The molecular weight excluding hydrogens is 214 g/mol. The van der Waals surface area contributed by atoms with Gasteiger partial charge in [0.25, 0.3) is 0 Å². The highest BCUT2D eigenvalue weighted by molar-refractivity contribution is 7.99. The summed E-state index contributed by atoms with van der Waals surface area (Å²) in [6, 6.07) is 0.734. The summed E-state index contributed by atoms with van der Waals surface area (Å²) in [4.78, 5) is 0. The minimum atomic E-state index is 0.734. The van der Waals surface area contributed by atoms with Crippen molar-refractivity contribution in [3.63, 3.8) is 0 Å². The summed E-state index contributed by atoms with van der Waals surface area (Å²) in [5, 5.41) is 4.33. The summed E-state index contributed by atoms with van der Waals surface area (Å²) < 4.78 is 0. The summed E-state index contributed by atoms with van der Waals surface area (Å²) in [6.45, 7) is 6.97. The molecule has 96 valence electrons. The largest absolute Gasteiger partial charge is 0.316 e. The fourth-order valence-electron chi connectivity index (χ4n) is 2.99. The number of rotatable bonds is 6. The Balaban J connectivity index is 2.48. The van der Waals surface area contributed by atoms with E-state index in [2.05, 4.69) is 44.9 Å². The zero-order chi connectivity index (χ0) is 12.0. The Hall–Kier alpha value is 0.310. The van der Waals surface area contributed by atoms with Crippen molar-refractivity contribution in [1.82, 2.24) is 5.32 Å². The van der Waals surface area contributed by atoms with Crippen molar-refractivity contribution in [2.24, 2.45) is 11.8 Å². The summed E-state index contributed by atoms with van der Waals surface area (Å²) in [7, 11) is 2.15. The third-order valence-corrected chi connectivity index (χ3v) is 5.21. The second-order valence-corrected chi connectivity index (χ2v) is 7.00. The maximum absolute atomic E-state index is 3.57. The van der Waals surface area contributed by atoms with Crippen molar-refractivity contribution in [3.8, 4) is 0 Å². The van der Waals surface area contributed by atoms with Gasteiger partial charge in [-0.2, -0.15) is 11.8 Å². The maximum atomic E-state index is 3.57. The third-order valence-electron chi connectivity index (χ3n) is 3.99. The third kappa shape index (κ3) is 4.29. The minimum absolute atomic E-state index is 0.734. The van der Waals surface area contributed by atoms with Gasteiger partial charge in [-0.25, -0.2) is 0 Å². The first-order valence-corrected chi connectivity index (χ1v) is 8.02. The topological polar surface area (TPSA) is 12.0 Å². The lowest BCUT2D eigenvalue weighted by Crippen LogP contribution is -2.41. The zero-order valence-electron chi connectivity index (χ0n) is 11.5. The molecule has 0 heterocycles. The Kier molecular flexibility index (Phi) is 6.83. The van der Waals surface area contributed by atoms with Crippen molar-refractivity contribution < 1.29 is 0 Å². The van der Waals surface area contributed by atoms with Crippen molar-refractivity contribution in [2.75, 3.05) is 12.8 Å². The monoisotopic (exact) mass is 243 g/mol. The Labute approximate surface area is 106 Å². The number of nitrogens with one attached hydrogen (secondary N) is 1. The maximum Gasteiger partial charge on any atom is 0.0186 e. The van der Waals surface area contributed by atoms with Gasteiger partial charge in [0.15, 0.2) is 0 Å². The summed E-state index contributed by atoms with van der Waals surface area (Å²) in [5.74, 6) is 3.18. The first-order valence-electron chi connectivity index (χ1n) is 6.97. The molecule has 1 nitrogen and oxygen atoms in total. The lowest BCUT2D eigenvalue weighted by molar-refractivity contribution is 0.190. The number of hydrogen-bond acceptors (Lipinski definition) is 2. The van der Waals surface area contributed by atoms with E-state index in [1.54, 1.807) is 0 Å². The van der Waals surface area contributed by atoms with Crippen molar-refractivity contribution in [3.05, 3.63) is 0 Å². The smallest absolute Gasteiger partial charge is 0.0186 e. The summed E-state index contributed by atoms with van der Waals surface area (Å²) in [6.07, 6.45) is 7.19. The Morgan fingerprint density at radius 3 is 2.50 bits per heavy atom. The first kappa shape index (κ1) is 14.4. The normalized spacial score (nSPS) is 28.3. The Morgan fingerprint density at radius 1 is 1.25 bits per heavy atom. The summed E-state index contributed by atoms with van der Waals surface area (Å²) in [5.41, 5.74) is 0.